The summed E-state index contributed by atoms with van der Waals surface area (Å²) in [5.74, 6) is 0.793. The molecule has 0 radical (unpaired) electrons. The Morgan fingerprint density at radius 1 is 1.29 bits per heavy atom. The lowest BCUT2D eigenvalue weighted by Crippen LogP contribution is -2.44. The average molecular weight is 407 g/mol. The molecule has 3 heterocycles. The van der Waals surface area contributed by atoms with Gasteiger partial charge in [-0.05, 0) is 24.8 Å². The van der Waals surface area contributed by atoms with Gasteiger partial charge in [-0.25, -0.2) is 22.8 Å². The zero-order valence-corrected chi connectivity index (χ0v) is 17.1. The smallest absolute Gasteiger partial charge is 0.267 e. The molecule has 10 heteroatoms. The van der Waals surface area contributed by atoms with E-state index in [1.807, 2.05) is 13.8 Å². The molecule has 1 aliphatic carbocycles. The Bertz CT molecular complexity index is 1060. The van der Waals surface area contributed by atoms with E-state index in [1.165, 1.54) is 10.9 Å². The predicted octanol–water partition coefficient (Wildman–Crippen LogP) is 0.507. The lowest BCUT2D eigenvalue weighted by atomic mass is 10.2. The van der Waals surface area contributed by atoms with E-state index in [0.717, 1.165) is 30.5 Å². The number of nitrogens with one attached hydrogen (secondary N) is 1. The molecule has 28 heavy (non-hydrogen) atoms. The summed E-state index contributed by atoms with van der Waals surface area (Å²) >= 11 is 0. The highest BCUT2D eigenvalue weighted by atomic mass is 32.2. The molecule has 2 unspecified atom stereocenters. The van der Waals surface area contributed by atoms with Crippen molar-refractivity contribution < 1.29 is 13.2 Å². The molecule has 1 aliphatic heterocycles. The Kier molecular flexibility index (Phi) is 4.88. The maximum atomic E-state index is 12.9. The number of ether oxygens (including phenoxy) is 1. The van der Waals surface area contributed by atoms with E-state index < -0.39 is 22.1 Å². The van der Waals surface area contributed by atoms with Crippen LogP contribution in [0.2, 0.25) is 0 Å². The van der Waals surface area contributed by atoms with Crippen molar-refractivity contribution in [1.29, 1.82) is 0 Å². The van der Waals surface area contributed by atoms with Gasteiger partial charge >= 0.3 is 0 Å². The quantitative estimate of drug-likeness (QED) is 0.774. The summed E-state index contributed by atoms with van der Waals surface area (Å²) in [7, 11) is -2.07. The minimum Gasteiger partial charge on any atom is -0.377 e. The molecule has 2 aromatic heterocycles. The fourth-order valence-corrected chi connectivity index (χ4v) is 5.18. The fraction of sp³-hybridized carbons (Fsp3) is 0.611. The normalized spacial score (nSPS) is 22.1. The molecule has 4 rings (SSSR count). The van der Waals surface area contributed by atoms with E-state index in [9.17, 15) is 13.2 Å². The molecule has 0 bridgehead atoms. The maximum absolute atomic E-state index is 12.9. The third-order valence-electron chi connectivity index (χ3n) is 5.34. The standard InChI is InChI=1S/C18H25N5O4S/c1-11(2)18-19-16(8-22(18)3)28(25,26)21-14-9-27-10-15(14)23-17(24)7-12-5-4-6-13(12)20-23/h7-8,11,14-15,21H,4-6,9-10H2,1-3H3. The molecule has 0 aromatic carbocycles. The maximum Gasteiger partial charge on any atom is 0.267 e. The Labute approximate surface area is 163 Å². The van der Waals surface area contributed by atoms with E-state index in [4.69, 9.17) is 4.74 Å². The molecule has 2 atom stereocenters. The largest absolute Gasteiger partial charge is 0.377 e. The number of aromatic nitrogens is 4. The third kappa shape index (κ3) is 3.40. The third-order valence-corrected chi connectivity index (χ3v) is 6.70. The molecule has 1 N–H and O–H groups in total. The van der Waals surface area contributed by atoms with Crippen LogP contribution in [-0.4, -0.2) is 47.0 Å². The van der Waals surface area contributed by atoms with Crippen LogP contribution in [0.3, 0.4) is 0 Å². The second kappa shape index (κ2) is 7.09. The highest BCUT2D eigenvalue weighted by Crippen LogP contribution is 2.23. The van der Waals surface area contributed by atoms with Gasteiger partial charge in [0.1, 0.15) is 5.82 Å². The van der Waals surface area contributed by atoms with E-state index in [1.54, 1.807) is 17.7 Å². The van der Waals surface area contributed by atoms with Crippen LogP contribution in [-0.2, 0) is 34.6 Å². The first kappa shape index (κ1) is 19.3. The summed E-state index contributed by atoms with van der Waals surface area (Å²) < 4.78 is 37.0. The van der Waals surface area contributed by atoms with Crippen LogP contribution in [0.1, 0.15) is 49.3 Å². The first-order chi connectivity index (χ1) is 13.3. The summed E-state index contributed by atoms with van der Waals surface area (Å²) in [5.41, 5.74) is 1.69. The molecule has 1 fully saturated rings. The van der Waals surface area contributed by atoms with Crippen molar-refractivity contribution in [2.75, 3.05) is 13.2 Å². The summed E-state index contributed by atoms with van der Waals surface area (Å²) in [6.45, 7) is 4.33. The van der Waals surface area contributed by atoms with Crippen molar-refractivity contribution in [3.8, 4) is 0 Å². The highest BCUT2D eigenvalue weighted by molar-refractivity contribution is 7.89. The Morgan fingerprint density at radius 2 is 2.07 bits per heavy atom. The molecule has 1 saturated heterocycles. The zero-order chi connectivity index (χ0) is 20.1. The van der Waals surface area contributed by atoms with Gasteiger partial charge in [-0.3, -0.25) is 4.79 Å². The molecule has 2 aromatic rings. The Balaban J connectivity index is 1.61. The molecule has 152 valence electrons. The van der Waals surface area contributed by atoms with Gasteiger partial charge in [-0.1, -0.05) is 13.8 Å². The van der Waals surface area contributed by atoms with Crippen molar-refractivity contribution in [1.82, 2.24) is 24.1 Å². The zero-order valence-electron chi connectivity index (χ0n) is 16.3. The minimum atomic E-state index is -3.85. The second-order valence-corrected chi connectivity index (χ2v) is 9.45. The molecular weight excluding hydrogens is 382 g/mol. The van der Waals surface area contributed by atoms with Crippen LogP contribution < -0.4 is 10.3 Å². The summed E-state index contributed by atoms with van der Waals surface area (Å²) in [6, 6.07) is 0.549. The van der Waals surface area contributed by atoms with Gasteiger partial charge in [0.25, 0.3) is 15.6 Å². The minimum absolute atomic E-state index is 0.0291. The van der Waals surface area contributed by atoms with Crippen molar-refractivity contribution in [3.63, 3.8) is 0 Å². The number of nitrogens with zero attached hydrogens (tertiary/aromatic N) is 4. The van der Waals surface area contributed by atoms with E-state index in [-0.39, 0.29) is 29.7 Å². The summed E-state index contributed by atoms with van der Waals surface area (Å²) in [5, 5.41) is 4.47. The molecule has 9 nitrogen and oxygen atoms in total. The average Bonchev–Trinajstić information content (AvgIpc) is 3.33. The second-order valence-electron chi connectivity index (χ2n) is 7.79. The van der Waals surface area contributed by atoms with Gasteiger partial charge in [0.15, 0.2) is 5.03 Å². The van der Waals surface area contributed by atoms with Gasteiger partial charge in [-0.2, -0.15) is 5.10 Å². The molecule has 0 amide bonds. The van der Waals surface area contributed by atoms with Crippen LogP contribution >= 0.6 is 0 Å². The number of aryl methyl sites for hydroxylation is 3. The lowest BCUT2D eigenvalue weighted by molar-refractivity contribution is 0.181. The number of sulfonamides is 1. The van der Waals surface area contributed by atoms with Crippen LogP contribution in [0.4, 0.5) is 0 Å². The van der Waals surface area contributed by atoms with Crippen molar-refractivity contribution in [2.45, 2.75) is 56.1 Å². The number of rotatable bonds is 5. The van der Waals surface area contributed by atoms with Gasteiger partial charge in [0.05, 0.1) is 31.0 Å². The first-order valence-corrected chi connectivity index (χ1v) is 11.0. The molecule has 0 spiro atoms. The topological polar surface area (TPSA) is 108 Å². The van der Waals surface area contributed by atoms with Crippen molar-refractivity contribution >= 4 is 10.0 Å². The SMILES string of the molecule is CC(C)c1nc(S(=O)(=O)NC2COCC2n2nc3c(cc2=O)CCC3)cn1C. The van der Waals surface area contributed by atoms with Gasteiger partial charge in [0, 0.05) is 25.2 Å². The Morgan fingerprint density at radius 3 is 2.79 bits per heavy atom. The summed E-state index contributed by atoms with van der Waals surface area (Å²) in [4.78, 5) is 16.8. The molecule has 2 aliphatic rings. The highest BCUT2D eigenvalue weighted by Gasteiger charge is 2.36. The molecular formula is C18H25N5O4S. The van der Waals surface area contributed by atoms with Crippen LogP contribution in [0.25, 0.3) is 0 Å². The van der Waals surface area contributed by atoms with E-state index in [2.05, 4.69) is 14.8 Å². The van der Waals surface area contributed by atoms with Gasteiger partial charge in [0.2, 0.25) is 0 Å². The van der Waals surface area contributed by atoms with Crippen molar-refractivity contribution in [3.05, 3.63) is 39.7 Å². The van der Waals surface area contributed by atoms with Crippen LogP contribution in [0, 0.1) is 0 Å². The molecule has 0 saturated carbocycles. The predicted molar refractivity (Wildman–Crippen MR) is 102 cm³/mol. The number of imidazole rings is 1. The number of fused-ring (bicyclic) bond motifs is 1. The number of hydrogen-bond donors (Lipinski definition) is 1. The van der Waals surface area contributed by atoms with E-state index >= 15 is 0 Å². The Hall–Kier alpha value is -2.04. The fourth-order valence-electron chi connectivity index (χ4n) is 3.93. The van der Waals surface area contributed by atoms with Gasteiger partial charge in [-0.15, -0.1) is 0 Å². The lowest BCUT2D eigenvalue weighted by Gasteiger charge is -2.20. The van der Waals surface area contributed by atoms with Crippen LogP contribution in [0.5, 0.6) is 0 Å². The monoisotopic (exact) mass is 407 g/mol. The van der Waals surface area contributed by atoms with Crippen LogP contribution in [0.15, 0.2) is 22.1 Å². The number of hydrogen-bond acceptors (Lipinski definition) is 6. The summed E-state index contributed by atoms with van der Waals surface area (Å²) in [6.07, 6.45) is 4.20. The van der Waals surface area contributed by atoms with Gasteiger partial charge < -0.3 is 9.30 Å². The first-order valence-electron chi connectivity index (χ1n) is 9.51. The van der Waals surface area contributed by atoms with Crippen molar-refractivity contribution in [2.24, 2.45) is 7.05 Å². The van der Waals surface area contributed by atoms with E-state index in [0.29, 0.717) is 5.82 Å².